The zero-order valence-electron chi connectivity index (χ0n) is 9.48. The number of nitrogens with zero attached hydrogens (tertiary/aromatic N) is 1. The van der Waals surface area contributed by atoms with E-state index in [2.05, 4.69) is 22.3 Å². The Kier molecular flexibility index (Phi) is 2.26. The Hall–Kier alpha value is -1.68. The lowest BCUT2D eigenvalue weighted by atomic mass is 9.87. The second kappa shape index (κ2) is 3.67. The fourth-order valence-electron chi connectivity index (χ4n) is 2.62. The topological polar surface area (TPSA) is 49.4 Å². The van der Waals surface area contributed by atoms with Gasteiger partial charge in [0, 0.05) is 19.6 Å². The third-order valence-electron chi connectivity index (χ3n) is 3.47. The molecule has 88 valence electrons. The molecule has 0 aliphatic carbocycles. The first-order valence-corrected chi connectivity index (χ1v) is 5.79. The molecule has 0 radical (unpaired) electrons. The first kappa shape index (κ1) is 10.5. The van der Waals surface area contributed by atoms with Gasteiger partial charge in [0.15, 0.2) is 5.78 Å². The largest absolute Gasteiger partial charge is 0.341 e. The number of amides is 1. The van der Waals surface area contributed by atoms with Crippen molar-refractivity contribution >= 4 is 11.7 Å². The molecule has 1 aromatic carbocycles. The van der Waals surface area contributed by atoms with E-state index in [1.54, 1.807) is 0 Å². The number of carbonyl (C=O) groups excluding carboxylic acids is 2. The molecule has 2 saturated heterocycles. The van der Waals surface area contributed by atoms with Gasteiger partial charge in [-0.1, -0.05) is 30.3 Å². The van der Waals surface area contributed by atoms with Crippen LogP contribution in [0.5, 0.6) is 0 Å². The maximum absolute atomic E-state index is 11.7. The van der Waals surface area contributed by atoms with E-state index in [4.69, 9.17) is 0 Å². The SMILES string of the molecule is O=C1CC(=O)C2(CN(Cc3ccccc3)C2)N1. The van der Waals surface area contributed by atoms with Crippen LogP contribution in [0.4, 0.5) is 0 Å². The zero-order valence-corrected chi connectivity index (χ0v) is 9.48. The second-order valence-corrected chi connectivity index (χ2v) is 4.86. The van der Waals surface area contributed by atoms with Crippen LogP contribution < -0.4 is 5.32 Å². The molecule has 1 N–H and O–H groups in total. The van der Waals surface area contributed by atoms with Gasteiger partial charge in [-0.2, -0.15) is 0 Å². The summed E-state index contributed by atoms with van der Waals surface area (Å²) >= 11 is 0. The van der Waals surface area contributed by atoms with Gasteiger partial charge in [-0.3, -0.25) is 14.5 Å². The number of hydrogen-bond donors (Lipinski definition) is 1. The maximum Gasteiger partial charge on any atom is 0.228 e. The van der Waals surface area contributed by atoms with Crippen LogP contribution in [0.15, 0.2) is 30.3 Å². The van der Waals surface area contributed by atoms with E-state index < -0.39 is 5.54 Å². The van der Waals surface area contributed by atoms with Gasteiger partial charge in [-0.25, -0.2) is 0 Å². The number of likely N-dealkylation sites (tertiary alicyclic amines) is 1. The lowest BCUT2D eigenvalue weighted by Gasteiger charge is -2.46. The Labute approximate surface area is 99.6 Å². The molecule has 0 aromatic heterocycles. The predicted octanol–water partition coefficient (Wildman–Crippen LogP) is 0.330. The molecule has 1 amide bonds. The van der Waals surface area contributed by atoms with E-state index in [1.165, 1.54) is 5.56 Å². The van der Waals surface area contributed by atoms with Crippen LogP contribution in [-0.4, -0.2) is 35.2 Å². The van der Waals surface area contributed by atoms with E-state index >= 15 is 0 Å². The van der Waals surface area contributed by atoms with Crippen LogP contribution in [-0.2, 0) is 16.1 Å². The van der Waals surface area contributed by atoms with Crippen LogP contribution in [0, 0.1) is 0 Å². The highest BCUT2D eigenvalue weighted by molar-refractivity contribution is 6.11. The summed E-state index contributed by atoms with van der Waals surface area (Å²) in [6.07, 6.45) is 0.0547. The summed E-state index contributed by atoms with van der Waals surface area (Å²) in [5.74, 6) is -0.0822. The average molecular weight is 230 g/mol. The van der Waals surface area contributed by atoms with Crippen LogP contribution in [0.25, 0.3) is 0 Å². The smallest absolute Gasteiger partial charge is 0.228 e. The number of nitrogens with one attached hydrogen (secondary N) is 1. The lowest BCUT2D eigenvalue weighted by molar-refractivity contribution is -0.128. The third kappa shape index (κ3) is 1.74. The summed E-state index contributed by atoms with van der Waals surface area (Å²) in [6, 6.07) is 10.1. The van der Waals surface area contributed by atoms with Gasteiger partial charge < -0.3 is 5.32 Å². The molecule has 0 bridgehead atoms. The van der Waals surface area contributed by atoms with Gasteiger partial charge in [-0.05, 0) is 5.56 Å². The van der Waals surface area contributed by atoms with E-state index in [9.17, 15) is 9.59 Å². The van der Waals surface area contributed by atoms with Crippen LogP contribution >= 0.6 is 0 Å². The van der Waals surface area contributed by atoms with Crippen molar-refractivity contribution in [3.05, 3.63) is 35.9 Å². The summed E-state index contributed by atoms with van der Waals surface area (Å²) < 4.78 is 0. The maximum atomic E-state index is 11.7. The lowest BCUT2D eigenvalue weighted by Crippen LogP contribution is -2.69. The molecular weight excluding hydrogens is 216 g/mol. The Morgan fingerprint density at radius 1 is 1.18 bits per heavy atom. The number of Topliss-reactive ketones (excluding diaryl/α,β-unsaturated/α-hetero) is 1. The standard InChI is InChI=1S/C13H14N2O2/c16-11-6-12(17)14-13(11)8-15(9-13)7-10-4-2-1-3-5-10/h1-5H,6-9H2,(H,14,17). The summed E-state index contributed by atoms with van der Waals surface area (Å²) in [5, 5.41) is 2.80. The van der Waals surface area contributed by atoms with Crippen molar-refractivity contribution < 1.29 is 9.59 Å². The van der Waals surface area contributed by atoms with Crippen molar-refractivity contribution in [2.24, 2.45) is 0 Å². The third-order valence-corrected chi connectivity index (χ3v) is 3.47. The normalized spacial score (nSPS) is 22.6. The summed E-state index contributed by atoms with van der Waals surface area (Å²) in [4.78, 5) is 25.0. The number of hydrogen-bond acceptors (Lipinski definition) is 3. The van der Waals surface area contributed by atoms with E-state index in [-0.39, 0.29) is 18.1 Å². The highest BCUT2D eigenvalue weighted by Gasteiger charge is 2.53. The summed E-state index contributed by atoms with van der Waals surface area (Å²) in [7, 11) is 0. The van der Waals surface area contributed by atoms with Crippen LogP contribution in [0.3, 0.4) is 0 Å². The predicted molar refractivity (Wildman–Crippen MR) is 62.2 cm³/mol. The quantitative estimate of drug-likeness (QED) is 0.745. The fourth-order valence-corrected chi connectivity index (χ4v) is 2.62. The molecule has 0 unspecified atom stereocenters. The van der Waals surface area contributed by atoms with E-state index in [0.717, 1.165) is 6.54 Å². The van der Waals surface area contributed by atoms with Gasteiger partial charge in [0.1, 0.15) is 5.54 Å². The highest BCUT2D eigenvalue weighted by Crippen LogP contribution is 2.28. The van der Waals surface area contributed by atoms with Crippen molar-refractivity contribution in [1.82, 2.24) is 10.2 Å². The molecule has 2 heterocycles. The number of carbonyl (C=O) groups is 2. The average Bonchev–Trinajstić information content (AvgIpc) is 2.55. The minimum atomic E-state index is -0.564. The Balaban J connectivity index is 1.62. The molecule has 3 rings (SSSR count). The first-order chi connectivity index (χ1) is 8.18. The molecule has 17 heavy (non-hydrogen) atoms. The van der Waals surface area contributed by atoms with Gasteiger partial charge >= 0.3 is 0 Å². The molecule has 2 aliphatic heterocycles. The number of ketones is 1. The Bertz CT molecular complexity index is 464. The van der Waals surface area contributed by atoms with Gasteiger partial charge in [-0.15, -0.1) is 0 Å². The first-order valence-electron chi connectivity index (χ1n) is 5.79. The molecular formula is C13H14N2O2. The fraction of sp³-hybridized carbons (Fsp3) is 0.385. The Morgan fingerprint density at radius 3 is 2.47 bits per heavy atom. The zero-order chi connectivity index (χ0) is 11.9. The van der Waals surface area contributed by atoms with E-state index in [0.29, 0.717) is 13.1 Å². The van der Waals surface area contributed by atoms with Gasteiger partial charge in [0.05, 0.1) is 6.42 Å². The molecule has 1 spiro atoms. The minimum Gasteiger partial charge on any atom is -0.341 e. The molecule has 0 atom stereocenters. The number of benzene rings is 1. The Morgan fingerprint density at radius 2 is 1.88 bits per heavy atom. The molecule has 4 nitrogen and oxygen atoms in total. The van der Waals surface area contributed by atoms with Crippen LogP contribution in [0.1, 0.15) is 12.0 Å². The van der Waals surface area contributed by atoms with Crippen molar-refractivity contribution in [3.63, 3.8) is 0 Å². The molecule has 2 fully saturated rings. The van der Waals surface area contributed by atoms with Gasteiger partial charge in [0.2, 0.25) is 5.91 Å². The molecule has 1 aromatic rings. The summed E-state index contributed by atoms with van der Waals surface area (Å²) in [5.41, 5.74) is 0.672. The van der Waals surface area contributed by atoms with Crippen molar-refractivity contribution in [2.45, 2.75) is 18.5 Å². The van der Waals surface area contributed by atoms with Crippen molar-refractivity contribution in [1.29, 1.82) is 0 Å². The minimum absolute atomic E-state index is 0.0480. The monoisotopic (exact) mass is 230 g/mol. The molecule has 2 aliphatic rings. The molecule has 0 saturated carbocycles. The number of rotatable bonds is 2. The van der Waals surface area contributed by atoms with Crippen molar-refractivity contribution in [3.8, 4) is 0 Å². The van der Waals surface area contributed by atoms with Gasteiger partial charge in [0.25, 0.3) is 0 Å². The highest BCUT2D eigenvalue weighted by atomic mass is 16.2. The second-order valence-electron chi connectivity index (χ2n) is 4.86. The van der Waals surface area contributed by atoms with E-state index in [1.807, 2.05) is 18.2 Å². The van der Waals surface area contributed by atoms with Crippen molar-refractivity contribution in [2.75, 3.05) is 13.1 Å². The molecule has 4 heteroatoms. The van der Waals surface area contributed by atoms with Crippen LogP contribution in [0.2, 0.25) is 0 Å². The summed E-state index contributed by atoms with van der Waals surface area (Å²) in [6.45, 7) is 2.13.